The first kappa shape index (κ1) is 26.4. The van der Waals surface area contributed by atoms with Gasteiger partial charge in [0.1, 0.15) is 11.5 Å². The fraction of sp³-hybridized carbons (Fsp3) is 0.250. The molecule has 1 heterocycles. The van der Waals surface area contributed by atoms with Crippen LogP contribution >= 0.6 is 23.8 Å². The lowest BCUT2D eigenvalue weighted by atomic mass is 10.1. The molecule has 0 bridgehead atoms. The Morgan fingerprint density at radius 2 is 1.65 bits per heavy atom. The van der Waals surface area contributed by atoms with Gasteiger partial charge in [-0.05, 0) is 78.3 Å². The third-order valence-electron chi connectivity index (χ3n) is 6.14. The number of methoxy groups -OCH3 is 4. The fourth-order valence-electron chi connectivity index (χ4n) is 4.17. The molecule has 0 aliphatic rings. The molecule has 4 aromatic rings. The summed E-state index contributed by atoms with van der Waals surface area (Å²) < 4.78 is 21.8. The lowest BCUT2D eigenvalue weighted by Gasteiger charge is -2.27. The van der Waals surface area contributed by atoms with E-state index < -0.39 is 0 Å². The van der Waals surface area contributed by atoms with E-state index in [1.165, 1.54) is 5.56 Å². The Morgan fingerprint density at radius 3 is 2.38 bits per heavy atom. The normalized spacial score (nSPS) is 10.7. The number of rotatable bonds is 10. The highest BCUT2D eigenvalue weighted by Crippen LogP contribution is 2.30. The summed E-state index contributed by atoms with van der Waals surface area (Å²) in [6.45, 7) is 1.22. The quantitative estimate of drug-likeness (QED) is 0.229. The van der Waals surface area contributed by atoms with Crippen LogP contribution in [0.1, 0.15) is 11.1 Å². The lowest BCUT2D eigenvalue weighted by molar-refractivity contribution is 0.353. The number of fused-ring (bicyclic) bond motifs is 1. The molecule has 194 valence electrons. The number of benzene rings is 3. The minimum atomic E-state index is 0.549. The Labute approximate surface area is 227 Å². The van der Waals surface area contributed by atoms with Crippen LogP contribution in [-0.2, 0) is 13.0 Å². The summed E-state index contributed by atoms with van der Waals surface area (Å²) in [6.07, 6.45) is 2.80. The molecule has 1 aromatic heterocycles. The maximum Gasteiger partial charge on any atom is 0.173 e. The number of hydrogen-bond acceptors (Lipinski definition) is 5. The van der Waals surface area contributed by atoms with Crippen molar-refractivity contribution in [3.8, 4) is 23.0 Å². The Hall–Kier alpha value is -3.62. The molecule has 0 saturated heterocycles. The number of nitrogens with zero attached hydrogens (tertiary/aromatic N) is 1. The second-order valence-electron chi connectivity index (χ2n) is 8.36. The van der Waals surface area contributed by atoms with Crippen molar-refractivity contribution in [2.75, 3.05) is 40.3 Å². The Morgan fingerprint density at radius 1 is 0.892 bits per heavy atom. The third kappa shape index (κ3) is 6.21. The average Bonchev–Trinajstić information content (AvgIpc) is 3.32. The highest BCUT2D eigenvalue weighted by molar-refractivity contribution is 7.80. The van der Waals surface area contributed by atoms with E-state index in [2.05, 4.69) is 15.2 Å². The second kappa shape index (κ2) is 12.1. The molecule has 3 aromatic carbocycles. The molecule has 0 atom stereocenters. The molecule has 4 rings (SSSR count). The van der Waals surface area contributed by atoms with Gasteiger partial charge in [0.15, 0.2) is 16.6 Å². The van der Waals surface area contributed by atoms with Gasteiger partial charge in [0.05, 0.1) is 34.1 Å². The largest absolute Gasteiger partial charge is 0.497 e. The molecular formula is C28H30ClN3O4S. The first-order valence-corrected chi connectivity index (χ1v) is 12.5. The second-order valence-corrected chi connectivity index (χ2v) is 9.18. The Bertz CT molecular complexity index is 1390. The minimum Gasteiger partial charge on any atom is -0.497 e. The van der Waals surface area contributed by atoms with Gasteiger partial charge in [-0.15, -0.1) is 0 Å². The number of halogens is 1. The van der Waals surface area contributed by atoms with Gasteiger partial charge in [-0.25, -0.2) is 0 Å². The molecular weight excluding hydrogens is 510 g/mol. The Kier molecular flexibility index (Phi) is 8.63. The molecule has 0 unspecified atom stereocenters. The number of aromatic amines is 1. The summed E-state index contributed by atoms with van der Waals surface area (Å²) in [6, 6.07) is 17.3. The van der Waals surface area contributed by atoms with E-state index in [0.29, 0.717) is 46.2 Å². The highest BCUT2D eigenvalue weighted by atomic mass is 35.5. The number of thiocarbonyl (C=S) groups is 1. The van der Waals surface area contributed by atoms with E-state index in [1.807, 2.05) is 48.7 Å². The van der Waals surface area contributed by atoms with Gasteiger partial charge in [0.2, 0.25) is 0 Å². The van der Waals surface area contributed by atoms with E-state index >= 15 is 0 Å². The minimum absolute atomic E-state index is 0.549. The number of ether oxygens (including phenoxy) is 4. The van der Waals surface area contributed by atoms with Crippen LogP contribution in [0.4, 0.5) is 5.69 Å². The number of H-pyrrole nitrogens is 1. The molecule has 7 nitrogen and oxygen atoms in total. The molecule has 0 amide bonds. The van der Waals surface area contributed by atoms with Gasteiger partial charge in [0.25, 0.3) is 0 Å². The van der Waals surface area contributed by atoms with Crippen molar-refractivity contribution < 1.29 is 18.9 Å². The molecule has 0 saturated carbocycles. The van der Waals surface area contributed by atoms with Gasteiger partial charge < -0.3 is 34.1 Å². The summed E-state index contributed by atoms with van der Waals surface area (Å²) >= 11 is 12.1. The van der Waals surface area contributed by atoms with Crippen molar-refractivity contribution in [2.45, 2.75) is 13.0 Å². The van der Waals surface area contributed by atoms with Crippen LogP contribution in [0.15, 0.2) is 60.8 Å². The molecule has 0 fully saturated rings. The van der Waals surface area contributed by atoms with Crippen molar-refractivity contribution >= 4 is 45.5 Å². The Balaban J connectivity index is 1.61. The number of hydrogen-bond donors (Lipinski definition) is 2. The predicted molar refractivity (Wildman–Crippen MR) is 153 cm³/mol. The van der Waals surface area contributed by atoms with Crippen LogP contribution in [0.25, 0.3) is 10.9 Å². The smallest absolute Gasteiger partial charge is 0.173 e. The topological polar surface area (TPSA) is 68.0 Å². The first-order valence-electron chi connectivity index (χ1n) is 11.7. The van der Waals surface area contributed by atoms with E-state index in [1.54, 1.807) is 40.6 Å². The van der Waals surface area contributed by atoms with Gasteiger partial charge >= 0.3 is 0 Å². The zero-order valence-corrected chi connectivity index (χ0v) is 22.8. The molecule has 0 aliphatic carbocycles. The number of nitrogens with one attached hydrogen (secondary N) is 2. The average molecular weight is 540 g/mol. The molecule has 0 radical (unpaired) electrons. The van der Waals surface area contributed by atoms with Gasteiger partial charge in [0, 0.05) is 35.2 Å². The van der Waals surface area contributed by atoms with Crippen LogP contribution in [0, 0.1) is 0 Å². The number of anilines is 1. The highest BCUT2D eigenvalue weighted by Gasteiger charge is 2.16. The summed E-state index contributed by atoms with van der Waals surface area (Å²) in [4.78, 5) is 5.45. The van der Waals surface area contributed by atoms with Gasteiger partial charge in [-0.1, -0.05) is 17.7 Å². The van der Waals surface area contributed by atoms with Crippen LogP contribution in [0.3, 0.4) is 0 Å². The van der Waals surface area contributed by atoms with Gasteiger partial charge in [-0.3, -0.25) is 0 Å². The van der Waals surface area contributed by atoms with Crippen LogP contribution in [0.5, 0.6) is 23.0 Å². The van der Waals surface area contributed by atoms with Crippen LogP contribution in [-0.4, -0.2) is 50.0 Å². The summed E-state index contributed by atoms with van der Waals surface area (Å²) in [5.74, 6) is 2.82. The van der Waals surface area contributed by atoms with Crippen molar-refractivity contribution in [3.05, 3.63) is 76.9 Å². The molecule has 0 spiro atoms. The van der Waals surface area contributed by atoms with Gasteiger partial charge in [-0.2, -0.15) is 0 Å². The van der Waals surface area contributed by atoms with E-state index in [-0.39, 0.29) is 0 Å². The van der Waals surface area contributed by atoms with Crippen molar-refractivity contribution in [1.82, 2.24) is 9.88 Å². The zero-order valence-electron chi connectivity index (χ0n) is 21.3. The summed E-state index contributed by atoms with van der Waals surface area (Å²) in [5, 5.41) is 5.59. The van der Waals surface area contributed by atoms with E-state index in [4.69, 9.17) is 42.8 Å². The van der Waals surface area contributed by atoms with Crippen LogP contribution in [0.2, 0.25) is 5.02 Å². The maximum atomic E-state index is 6.25. The molecule has 37 heavy (non-hydrogen) atoms. The van der Waals surface area contributed by atoms with Crippen molar-refractivity contribution in [2.24, 2.45) is 0 Å². The SMILES string of the molecule is COc1ccc2[nH]cc(CCN(Cc3ccc(OC)c(OC)c3)C(=S)Nc3cc(Cl)ccc3OC)c2c1. The fourth-order valence-corrected chi connectivity index (χ4v) is 4.61. The lowest BCUT2D eigenvalue weighted by Crippen LogP contribution is -2.36. The summed E-state index contributed by atoms with van der Waals surface area (Å²) in [7, 11) is 6.54. The third-order valence-corrected chi connectivity index (χ3v) is 6.73. The standard InChI is InChI=1S/C28H30ClN3O4S/c1-33-21-7-8-23-22(15-21)19(16-30-23)11-12-32(17-18-5-9-26(35-3)27(13-18)36-4)28(37)31-24-14-20(29)6-10-25(24)34-2/h5-10,13-16,30H,11-12,17H2,1-4H3,(H,31,37). The van der Waals surface area contributed by atoms with Crippen LogP contribution < -0.4 is 24.3 Å². The predicted octanol–water partition coefficient (Wildman–Crippen LogP) is 6.30. The maximum absolute atomic E-state index is 6.25. The first-order chi connectivity index (χ1) is 17.9. The van der Waals surface area contributed by atoms with Crippen molar-refractivity contribution in [1.29, 1.82) is 0 Å². The number of aromatic nitrogens is 1. The van der Waals surface area contributed by atoms with E-state index in [0.717, 1.165) is 28.6 Å². The molecule has 2 N–H and O–H groups in total. The monoisotopic (exact) mass is 539 g/mol. The zero-order chi connectivity index (χ0) is 26.4. The molecule has 9 heteroatoms. The van der Waals surface area contributed by atoms with Crippen molar-refractivity contribution in [3.63, 3.8) is 0 Å². The van der Waals surface area contributed by atoms with E-state index in [9.17, 15) is 0 Å². The molecule has 0 aliphatic heterocycles. The summed E-state index contributed by atoms with van der Waals surface area (Å²) in [5.41, 5.74) is 3.97.